The molecule has 0 aliphatic heterocycles. The molecule has 0 N–H and O–H groups in total. The molecule has 0 saturated heterocycles. The smallest absolute Gasteiger partial charge is 0.122 e. The Kier molecular flexibility index (Phi) is 0.974. The molecular formula is C8H11O. The Morgan fingerprint density at radius 2 is 2.00 bits per heavy atom. The van der Waals surface area contributed by atoms with Crippen LogP contribution in [0.4, 0.5) is 0 Å². The quantitative estimate of drug-likeness (QED) is 0.438. The van der Waals surface area contributed by atoms with E-state index in [-0.39, 0.29) is 0 Å². The molecule has 1 radical (unpaired) electrons. The Morgan fingerprint density at radius 3 is 2.22 bits per heavy atom. The minimum Gasteiger partial charge on any atom is -0.225 e. The lowest BCUT2D eigenvalue weighted by Gasteiger charge is -2.35. The van der Waals surface area contributed by atoms with Crippen LogP contribution in [0.2, 0.25) is 0 Å². The fraction of sp³-hybridized carbons (Fsp3) is 0.750. The number of fused-ring (bicyclic) bond motifs is 2. The lowest BCUT2D eigenvalue weighted by molar-refractivity contribution is -0.0320. The highest BCUT2D eigenvalue weighted by Gasteiger charge is 2.35. The van der Waals surface area contributed by atoms with Crippen LogP contribution >= 0.6 is 0 Å². The van der Waals surface area contributed by atoms with Gasteiger partial charge in [-0.3, -0.25) is 0 Å². The van der Waals surface area contributed by atoms with Gasteiger partial charge in [0.25, 0.3) is 0 Å². The van der Waals surface area contributed by atoms with Gasteiger partial charge in [-0.1, -0.05) is 12.2 Å². The first kappa shape index (κ1) is 5.48. The van der Waals surface area contributed by atoms with Gasteiger partial charge in [-0.15, -0.1) is 0 Å². The van der Waals surface area contributed by atoms with E-state index in [1.54, 1.807) is 0 Å². The van der Waals surface area contributed by atoms with E-state index in [1.165, 1.54) is 0 Å². The van der Waals surface area contributed by atoms with E-state index < -0.39 is 5.60 Å². The highest BCUT2D eigenvalue weighted by molar-refractivity contribution is 5.12. The normalized spacial score (nSPS) is 47.9. The first-order valence-corrected chi connectivity index (χ1v) is 3.68. The van der Waals surface area contributed by atoms with Crippen molar-refractivity contribution in [1.82, 2.24) is 0 Å². The maximum absolute atomic E-state index is 11.4. The summed E-state index contributed by atoms with van der Waals surface area (Å²) in [5.41, 5.74) is -0.644. The minimum absolute atomic E-state index is 0.644. The van der Waals surface area contributed by atoms with Crippen LogP contribution in [0.25, 0.3) is 0 Å². The van der Waals surface area contributed by atoms with Crippen molar-refractivity contribution in [3.63, 3.8) is 0 Å². The van der Waals surface area contributed by atoms with Crippen molar-refractivity contribution in [3.05, 3.63) is 12.2 Å². The second-order valence-corrected chi connectivity index (χ2v) is 3.26. The maximum Gasteiger partial charge on any atom is 0.122 e. The highest BCUT2D eigenvalue weighted by atomic mass is 16.3. The summed E-state index contributed by atoms with van der Waals surface area (Å²) in [5, 5.41) is 11.4. The van der Waals surface area contributed by atoms with Crippen LogP contribution in [0.3, 0.4) is 0 Å². The zero-order valence-electron chi connectivity index (χ0n) is 5.47. The number of hydrogen-bond acceptors (Lipinski definition) is 0. The molecule has 1 heteroatoms. The minimum atomic E-state index is -0.644. The predicted octanol–water partition coefficient (Wildman–Crippen LogP) is 1.92. The van der Waals surface area contributed by atoms with Crippen LogP contribution < -0.4 is 0 Å². The number of hydrogen-bond donors (Lipinski definition) is 0. The van der Waals surface area contributed by atoms with Gasteiger partial charge in [0.2, 0.25) is 0 Å². The van der Waals surface area contributed by atoms with E-state index in [0.29, 0.717) is 0 Å². The van der Waals surface area contributed by atoms with Crippen molar-refractivity contribution in [2.45, 2.75) is 31.3 Å². The molecule has 1 saturated carbocycles. The van der Waals surface area contributed by atoms with Crippen molar-refractivity contribution >= 4 is 0 Å². The van der Waals surface area contributed by atoms with Gasteiger partial charge in [0, 0.05) is 0 Å². The summed E-state index contributed by atoms with van der Waals surface area (Å²) in [5.74, 6) is 0.751. The molecule has 0 unspecified atom stereocenters. The summed E-state index contributed by atoms with van der Waals surface area (Å²) < 4.78 is 0. The summed E-state index contributed by atoms with van der Waals surface area (Å²) in [7, 11) is 0. The molecule has 0 aromatic heterocycles. The largest absolute Gasteiger partial charge is 0.225 e. The van der Waals surface area contributed by atoms with E-state index >= 15 is 0 Å². The van der Waals surface area contributed by atoms with Gasteiger partial charge in [0.15, 0.2) is 0 Å². The molecule has 3 rings (SSSR count). The van der Waals surface area contributed by atoms with Crippen molar-refractivity contribution < 1.29 is 5.11 Å². The Balaban J connectivity index is 2.28. The average molecular weight is 123 g/mol. The van der Waals surface area contributed by atoms with Crippen LogP contribution in [0.15, 0.2) is 12.2 Å². The van der Waals surface area contributed by atoms with Crippen LogP contribution in [-0.2, 0) is 5.11 Å². The Bertz CT molecular complexity index is 141. The standard InChI is InChI=1S/C8H11O/c9-8-4-1-7(2-5-8)3-6-8/h1,4,7H,2-3,5-6H2. The van der Waals surface area contributed by atoms with E-state index in [4.69, 9.17) is 0 Å². The molecule has 2 bridgehead atoms. The molecule has 0 heterocycles. The molecular weight excluding hydrogens is 112 g/mol. The molecule has 3 aliphatic rings. The molecule has 0 aromatic rings. The second kappa shape index (κ2) is 1.60. The van der Waals surface area contributed by atoms with Crippen molar-refractivity contribution in [3.8, 4) is 0 Å². The van der Waals surface area contributed by atoms with E-state index in [1.807, 2.05) is 6.08 Å². The average Bonchev–Trinajstić information content (AvgIpc) is 1.90. The van der Waals surface area contributed by atoms with Gasteiger partial charge < -0.3 is 0 Å². The first-order valence-electron chi connectivity index (χ1n) is 3.68. The molecule has 9 heavy (non-hydrogen) atoms. The fourth-order valence-electron chi connectivity index (χ4n) is 1.80. The molecule has 0 amide bonds. The van der Waals surface area contributed by atoms with Crippen molar-refractivity contribution in [2.75, 3.05) is 0 Å². The predicted molar refractivity (Wildman–Crippen MR) is 34.5 cm³/mol. The third kappa shape index (κ3) is 0.799. The zero-order chi connectivity index (χ0) is 6.32. The summed E-state index contributed by atoms with van der Waals surface area (Å²) in [6, 6.07) is 0. The first-order chi connectivity index (χ1) is 4.29. The maximum atomic E-state index is 11.4. The van der Waals surface area contributed by atoms with Crippen molar-refractivity contribution in [2.24, 2.45) is 5.92 Å². The van der Waals surface area contributed by atoms with Crippen LogP contribution in [0.1, 0.15) is 25.7 Å². The Labute approximate surface area is 55.4 Å². The lowest BCUT2D eigenvalue weighted by atomic mass is 9.73. The summed E-state index contributed by atoms with van der Waals surface area (Å²) in [6.07, 6.45) is 8.03. The molecule has 0 spiro atoms. The Morgan fingerprint density at radius 1 is 1.33 bits per heavy atom. The summed E-state index contributed by atoms with van der Waals surface area (Å²) in [6.45, 7) is 0. The van der Waals surface area contributed by atoms with Gasteiger partial charge in [-0.05, 0) is 31.6 Å². The number of allylic oxidation sites excluding steroid dienone is 1. The van der Waals surface area contributed by atoms with Gasteiger partial charge in [-0.2, -0.15) is 0 Å². The second-order valence-electron chi connectivity index (χ2n) is 3.26. The summed E-state index contributed by atoms with van der Waals surface area (Å²) >= 11 is 0. The van der Waals surface area contributed by atoms with Crippen LogP contribution in [0, 0.1) is 5.92 Å². The van der Waals surface area contributed by atoms with E-state index in [2.05, 4.69) is 6.08 Å². The van der Waals surface area contributed by atoms with E-state index in [9.17, 15) is 5.11 Å². The van der Waals surface area contributed by atoms with Crippen molar-refractivity contribution in [1.29, 1.82) is 0 Å². The highest BCUT2D eigenvalue weighted by Crippen LogP contribution is 2.39. The lowest BCUT2D eigenvalue weighted by Crippen LogP contribution is -2.33. The topological polar surface area (TPSA) is 19.9 Å². The van der Waals surface area contributed by atoms with E-state index in [0.717, 1.165) is 31.6 Å². The SMILES string of the molecule is [O]C12C=CC(CC1)CC2. The van der Waals surface area contributed by atoms with Gasteiger partial charge in [-0.25, -0.2) is 5.11 Å². The molecule has 3 aliphatic carbocycles. The molecule has 0 atom stereocenters. The van der Waals surface area contributed by atoms with Crippen LogP contribution in [-0.4, -0.2) is 5.60 Å². The molecule has 49 valence electrons. The molecule has 0 aromatic carbocycles. The molecule has 1 nitrogen and oxygen atoms in total. The van der Waals surface area contributed by atoms with Gasteiger partial charge >= 0.3 is 0 Å². The third-order valence-corrected chi connectivity index (χ3v) is 2.55. The Hall–Kier alpha value is -0.300. The fourth-order valence-corrected chi connectivity index (χ4v) is 1.80. The zero-order valence-corrected chi connectivity index (χ0v) is 5.47. The number of rotatable bonds is 0. The third-order valence-electron chi connectivity index (χ3n) is 2.55. The van der Waals surface area contributed by atoms with Crippen LogP contribution in [0.5, 0.6) is 0 Å². The monoisotopic (exact) mass is 123 g/mol. The van der Waals surface area contributed by atoms with Gasteiger partial charge in [0.05, 0.1) is 0 Å². The van der Waals surface area contributed by atoms with Gasteiger partial charge in [0.1, 0.15) is 5.60 Å². The summed E-state index contributed by atoms with van der Waals surface area (Å²) in [4.78, 5) is 0. The molecule has 1 fully saturated rings.